The van der Waals surface area contributed by atoms with Gasteiger partial charge in [-0.25, -0.2) is 4.99 Å². The number of nitrogens with zero attached hydrogens (tertiary/aromatic N) is 2. The van der Waals surface area contributed by atoms with Gasteiger partial charge in [0, 0.05) is 18.6 Å². The minimum absolute atomic E-state index is 0.00771. The number of hydrogen-bond donors (Lipinski definition) is 2. The SMILES string of the molecule is CCNC(=NCc1cccc(CN(C)C)c1)NC(C)(C)C. The summed E-state index contributed by atoms with van der Waals surface area (Å²) in [5.74, 6) is 0.864. The summed E-state index contributed by atoms with van der Waals surface area (Å²) in [7, 11) is 4.17. The van der Waals surface area contributed by atoms with Crippen LogP contribution in [0.15, 0.2) is 29.3 Å². The molecule has 118 valence electrons. The first-order valence-corrected chi connectivity index (χ1v) is 7.59. The lowest BCUT2D eigenvalue weighted by molar-refractivity contribution is 0.402. The fraction of sp³-hybridized carbons (Fsp3) is 0.588. The van der Waals surface area contributed by atoms with Crippen molar-refractivity contribution in [2.75, 3.05) is 20.6 Å². The summed E-state index contributed by atoms with van der Waals surface area (Å²) in [5, 5.41) is 6.69. The maximum absolute atomic E-state index is 4.67. The van der Waals surface area contributed by atoms with E-state index < -0.39 is 0 Å². The molecule has 0 fully saturated rings. The summed E-state index contributed by atoms with van der Waals surface area (Å²) in [4.78, 5) is 6.84. The Morgan fingerprint density at radius 3 is 2.43 bits per heavy atom. The first-order chi connectivity index (χ1) is 9.80. The predicted octanol–water partition coefficient (Wildman–Crippen LogP) is 2.60. The number of benzene rings is 1. The van der Waals surface area contributed by atoms with Crippen molar-refractivity contribution >= 4 is 5.96 Å². The Bertz CT molecular complexity index is 458. The van der Waals surface area contributed by atoms with E-state index in [1.165, 1.54) is 11.1 Å². The lowest BCUT2D eigenvalue weighted by Gasteiger charge is -2.23. The second kappa shape index (κ2) is 8.03. The summed E-state index contributed by atoms with van der Waals surface area (Å²) < 4.78 is 0. The van der Waals surface area contributed by atoms with Gasteiger partial charge in [0.15, 0.2) is 5.96 Å². The zero-order chi connectivity index (χ0) is 15.9. The van der Waals surface area contributed by atoms with Crippen molar-refractivity contribution in [2.24, 2.45) is 4.99 Å². The van der Waals surface area contributed by atoms with Gasteiger partial charge in [-0.2, -0.15) is 0 Å². The largest absolute Gasteiger partial charge is 0.357 e. The number of hydrogen-bond acceptors (Lipinski definition) is 2. The molecule has 0 aliphatic heterocycles. The molecule has 0 amide bonds. The fourth-order valence-electron chi connectivity index (χ4n) is 2.02. The Labute approximate surface area is 129 Å². The number of nitrogens with one attached hydrogen (secondary N) is 2. The molecule has 4 heteroatoms. The number of rotatable bonds is 5. The highest BCUT2D eigenvalue weighted by atomic mass is 15.2. The van der Waals surface area contributed by atoms with E-state index in [0.29, 0.717) is 6.54 Å². The molecule has 0 atom stereocenters. The van der Waals surface area contributed by atoms with Gasteiger partial charge in [-0.05, 0) is 52.9 Å². The van der Waals surface area contributed by atoms with E-state index >= 15 is 0 Å². The van der Waals surface area contributed by atoms with E-state index in [-0.39, 0.29) is 5.54 Å². The standard InChI is InChI=1S/C17H30N4/c1-7-18-16(20-17(2,3)4)19-12-14-9-8-10-15(11-14)13-21(5)6/h8-11H,7,12-13H2,1-6H3,(H2,18,19,20). The van der Waals surface area contributed by atoms with Crippen molar-refractivity contribution in [2.45, 2.75) is 46.3 Å². The maximum atomic E-state index is 4.67. The average Bonchev–Trinajstić information content (AvgIpc) is 2.34. The molecule has 4 nitrogen and oxygen atoms in total. The molecule has 1 aromatic rings. The molecular weight excluding hydrogens is 260 g/mol. The molecule has 2 N–H and O–H groups in total. The second-order valence-electron chi connectivity index (χ2n) is 6.63. The minimum atomic E-state index is 0.00771. The lowest BCUT2D eigenvalue weighted by Crippen LogP contribution is -2.47. The Kier molecular flexibility index (Phi) is 6.69. The van der Waals surface area contributed by atoms with Crippen molar-refractivity contribution in [1.82, 2.24) is 15.5 Å². The minimum Gasteiger partial charge on any atom is -0.357 e. The predicted molar refractivity (Wildman–Crippen MR) is 91.5 cm³/mol. The van der Waals surface area contributed by atoms with E-state index in [2.05, 4.69) is 86.6 Å². The molecule has 0 unspecified atom stereocenters. The zero-order valence-corrected chi connectivity index (χ0v) is 14.3. The number of guanidine groups is 1. The van der Waals surface area contributed by atoms with E-state index in [4.69, 9.17) is 0 Å². The topological polar surface area (TPSA) is 39.7 Å². The van der Waals surface area contributed by atoms with Crippen molar-refractivity contribution in [3.63, 3.8) is 0 Å². The zero-order valence-electron chi connectivity index (χ0n) is 14.3. The smallest absolute Gasteiger partial charge is 0.191 e. The van der Waals surface area contributed by atoms with Crippen LogP contribution in [0.3, 0.4) is 0 Å². The quantitative estimate of drug-likeness (QED) is 0.647. The van der Waals surface area contributed by atoms with E-state index in [9.17, 15) is 0 Å². The third-order valence-corrected chi connectivity index (χ3v) is 2.75. The van der Waals surface area contributed by atoms with Gasteiger partial charge >= 0.3 is 0 Å². The van der Waals surface area contributed by atoms with Crippen LogP contribution in [0.1, 0.15) is 38.8 Å². The van der Waals surface area contributed by atoms with Crippen molar-refractivity contribution in [1.29, 1.82) is 0 Å². The highest BCUT2D eigenvalue weighted by molar-refractivity contribution is 5.80. The Morgan fingerprint density at radius 2 is 1.86 bits per heavy atom. The first-order valence-electron chi connectivity index (χ1n) is 7.59. The van der Waals surface area contributed by atoms with E-state index in [1.807, 2.05) is 0 Å². The van der Waals surface area contributed by atoms with Gasteiger partial charge in [0.2, 0.25) is 0 Å². The van der Waals surface area contributed by atoms with Crippen LogP contribution >= 0.6 is 0 Å². The molecule has 0 aromatic heterocycles. The molecule has 0 spiro atoms. The van der Waals surface area contributed by atoms with Gasteiger partial charge < -0.3 is 15.5 Å². The Morgan fingerprint density at radius 1 is 1.19 bits per heavy atom. The van der Waals surface area contributed by atoms with E-state index in [0.717, 1.165) is 19.0 Å². The molecule has 0 aliphatic carbocycles. The van der Waals surface area contributed by atoms with Gasteiger partial charge in [-0.1, -0.05) is 24.3 Å². The van der Waals surface area contributed by atoms with Crippen molar-refractivity contribution in [3.05, 3.63) is 35.4 Å². The third-order valence-electron chi connectivity index (χ3n) is 2.75. The van der Waals surface area contributed by atoms with Gasteiger partial charge in [0.1, 0.15) is 0 Å². The Balaban J connectivity index is 2.75. The van der Waals surface area contributed by atoms with Crippen LogP contribution in [0.4, 0.5) is 0 Å². The molecule has 0 radical (unpaired) electrons. The van der Waals surface area contributed by atoms with Crippen LogP contribution in [-0.2, 0) is 13.1 Å². The first kappa shape index (κ1) is 17.5. The monoisotopic (exact) mass is 290 g/mol. The molecule has 1 rings (SSSR count). The van der Waals surface area contributed by atoms with Crippen LogP contribution in [0.25, 0.3) is 0 Å². The molecule has 0 heterocycles. The van der Waals surface area contributed by atoms with Crippen LogP contribution < -0.4 is 10.6 Å². The molecule has 1 aromatic carbocycles. The summed E-state index contributed by atoms with van der Waals surface area (Å²) in [5.41, 5.74) is 2.57. The normalized spacial score (nSPS) is 12.6. The van der Waals surface area contributed by atoms with Crippen molar-refractivity contribution in [3.8, 4) is 0 Å². The lowest BCUT2D eigenvalue weighted by atomic mass is 10.1. The molecular formula is C17H30N4. The summed E-state index contributed by atoms with van der Waals surface area (Å²) in [6.07, 6.45) is 0. The summed E-state index contributed by atoms with van der Waals surface area (Å²) >= 11 is 0. The third kappa shape index (κ3) is 7.71. The van der Waals surface area contributed by atoms with Gasteiger partial charge in [0.25, 0.3) is 0 Å². The van der Waals surface area contributed by atoms with Gasteiger partial charge in [0.05, 0.1) is 6.54 Å². The highest BCUT2D eigenvalue weighted by Gasteiger charge is 2.11. The van der Waals surface area contributed by atoms with Gasteiger partial charge in [-0.3, -0.25) is 0 Å². The second-order valence-corrected chi connectivity index (χ2v) is 6.63. The summed E-state index contributed by atoms with van der Waals surface area (Å²) in [6, 6.07) is 8.62. The van der Waals surface area contributed by atoms with E-state index in [1.54, 1.807) is 0 Å². The molecule has 0 saturated heterocycles. The molecule has 0 saturated carbocycles. The van der Waals surface area contributed by atoms with Crippen LogP contribution in [0.2, 0.25) is 0 Å². The fourth-order valence-corrected chi connectivity index (χ4v) is 2.02. The van der Waals surface area contributed by atoms with Crippen LogP contribution in [-0.4, -0.2) is 37.0 Å². The maximum Gasteiger partial charge on any atom is 0.191 e. The van der Waals surface area contributed by atoms with Crippen LogP contribution in [0, 0.1) is 0 Å². The Hall–Kier alpha value is -1.55. The highest BCUT2D eigenvalue weighted by Crippen LogP contribution is 2.08. The number of aliphatic imine (C=N–C) groups is 1. The molecule has 21 heavy (non-hydrogen) atoms. The van der Waals surface area contributed by atoms with Crippen LogP contribution in [0.5, 0.6) is 0 Å². The average molecular weight is 290 g/mol. The van der Waals surface area contributed by atoms with Gasteiger partial charge in [-0.15, -0.1) is 0 Å². The summed E-state index contributed by atoms with van der Waals surface area (Å²) in [6.45, 7) is 11.0. The van der Waals surface area contributed by atoms with Crippen molar-refractivity contribution < 1.29 is 0 Å². The molecule has 0 aliphatic rings. The molecule has 0 bridgehead atoms.